The van der Waals surface area contributed by atoms with E-state index in [9.17, 15) is 18.5 Å². The third-order valence-corrected chi connectivity index (χ3v) is 8.19. The highest BCUT2D eigenvalue weighted by molar-refractivity contribution is 7.89. The average Bonchev–Trinajstić information content (AvgIpc) is 3.10. The molecule has 0 aliphatic carbocycles. The Balaban J connectivity index is 1.55. The Hall–Kier alpha value is -3.16. The second-order valence-corrected chi connectivity index (χ2v) is 10.3. The maximum Gasteiger partial charge on any atom is 0.293 e. The van der Waals surface area contributed by atoms with Gasteiger partial charge < -0.3 is 9.80 Å². The van der Waals surface area contributed by atoms with E-state index in [1.54, 1.807) is 18.2 Å². The van der Waals surface area contributed by atoms with Crippen LogP contribution in [-0.2, 0) is 10.0 Å². The molecule has 10 heteroatoms. The number of anilines is 2. The summed E-state index contributed by atoms with van der Waals surface area (Å²) in [5.41, 5.74) is 1.87. The lowest BCUT2D eigenvalue weighted by Gasteiger charge is -2.27. The first-order valence-corrected chi connectivity index (χ1v) is 12.6. The Morgan fingerprint density at radius 2 is 1.52 bits per heavy atom. The molecular weight excluding hydrogens is 442 g/mol. The van der Waals surface area contributed by atoms with Crippen LogP contribution in [0.3, 0.4) is 0 Å². The van der Waals surface area contributed by atoms with E-state index < -0.39 is 14.9 Å². The molecule has 0 aromatic heterocycles. The second kappa shape index (κ2) is 9.77. The van der Waals surface area contributed by atoms with E-state index in [0.29, 0.717) is 44.0 Å². The van der Waals surface area contributed by atoms with Crippen molar-refractivity contribution in [1.82, 2.24) is 4.31 Å². The molecule has 0 spiro atoms. The standard InChI is InChI=1S/C23H27N5O4S/c24-18-19-5-7-20(8-6-19)25-11-4-12-26(16-15-25)22-10-9-21(17-23(22)28(29)30)33(31,32)27-13-2-1-3-14-27/h5-10,17H,1-4,11-16H2. The first-order valence-electron chi connectivity index (χ1n) is 11.2. The van der Waals surface area contributed by atoms with Gasteiger partial charge in [-0.1, -0.05) is 6.42 Å². The number of piperidine rings is 1. The van der Waals surface area contributed by atoms with Crippen LogP contribution in [0, 0.1) is 21.4 Å². The molecular formula is C23H27N5O4S. The van der Waals surface area contributed by atoms with Crippen molar-refractivity contribution in [3.05, 3.63) is 58.1 Å². The highest BCUT2D eigenvalue weighted by Crippen LogP contribution is 2.33. The van der Waals surface area contributed by atoms with E-state index in [-0.39, 0.29) is 10.6 Å². The van der Waals surface area contributed by atoms with Crippen LogP contribution in [0.25, 0.3) is 0 Å². The van der Waals surface area contributed by atoms with Gasteiger partial charge in [0.25, 0.3) is 5.69 Å². The van der Waals surface area contributed by atoms with Crippen LogP contribution >= 0.6 is 0 Å². The van der Waals surface area contributed by atoms with Gasteiger partial charge in [0.05, 0.1) is 21.5 Å². The summed E-state index contributed by atoms with van der Waals surface area (Å²) in [7, 11) is -3.74. The quantitative estimate of drug-likeness (QED) is 0.488. The Bertz CT molecular complexity index is 1150. The average molecular weight is 470 g/mol. The van der Waals surface area contributed by atoms with Crippen molar-refractivity contribution >= 4 is 27.1 Å². The van der Waals surface area contributed by atoms with Crippen LogP contribution < -0.4 is 9.80 Å². The van der Waals surface area contributed by atoms with E-state index in [0.717, 1.165) is 37.9 Å². The summed E-state index contributed by atoms with van der Waals surface area (Å²) in [6.45, 7) is 3.56. The molecule has 33 heavy (non-hydrogen) atoms. The molecule has 0 atom stereocenters. The third kappa shape index (κ3) is 4.94. The third-order valence-electron chi connectivity index (χ3n) is 6.29. The van der Waals surface area contributed by atoms with Gasteiger partial charge in [0.2, 0.25) is 10.0 Å². The second-order valence-electron chi connectivity index (χ2n) is 8.36. The van der Waals surface area contributed by atoms with E-state index >= 15 is 0 Å². The Morgan fingerprint density at radius 3 is 2.18 bits per heavy atom. The van der Waals surface area contributed by atoms with E-state index in [1.165, 1.54) is 16.4 Å². The Morgan fingerprint density at radius 1 is 0.848 bits per heavy atom. The fourth-order valence-corrected chi connectivity index (χ4v) is 6.03. The molecule has 0 amide bonds. The maximum atomic E-state index is 13.0. The molecule has 2 saturated heterocycles. The summed E-state index contributed by atoms with van der Waals surface area (Å²) < 4.78 is 27.5. The summed E-state index contributed by atoms with van der Waals surface area (Å²) in [5, 5.41) is 20.9. The molecule has 4 rings (SSSR count). The van der Waals surface area contributed by atoms with Crippen LogP contribution in [-0.4, -0.2) is 56.9 Å². The molecule has 2 aromatic carbocycles. The minimum absolute atomic E-state index is 0.0196. The predicted molar refractivity (Wildman–Crippen MR) is 126 cm³/mol. The molecule has 0 saturated carbocycles. The highest BCUT2D eigenvalue weighted by atomic mass is 32.2. The van der Waals surface area contributed by atoms with Crippen LogP contribution in [0.4, 0.5) is 17.1 Å². The van der Waals surface area contributed by atoms with Gasteiger partial charge in [-0.05, 0) is 55.7 Å². The molecule has 0 bridgehead atoms. The largest absolute Gasteiger partial charge is 0.370 e. The van der Waals surface area contributed by atoms with Crippen molar-refractivity contribution < 1.29 is 13.3 Å². The molecule has 174 valence electrons. The number of nitro benzene ring substituents is 1. The zero-order valence-corrected chi connectivity index (χ0v) is 19.2. The lowest BCUT2D eigenvalue weighted by molar-refractivity contribution is -0.384. The summed E-state index contributed by atoms with van der Waals surface area (Å²) in [4.78, 5) is 15.5. The zero-order valence-electron chi connectivity index (χ0n) is 18.4. The fourth-order valence-electron chi connectivity index (χ4n) is 4.50. The number of sulfonamides is 1. The molecule has 2 aliphatic rings. The Labute approximate surface area is 194 Å². The van der Waals surface area contributed by atoms with Crippen LogP contribution in [0.5, 0.6) is 0 Å². The zero-order chi connectivity index (χ0) is 23.4. The molecule has 2 aromatic rings. The van der Waals surface area contributed by atoms with Gasteiger partial charge in [0.15, 0.2) is 0 Å². The van der Waals surface area contributed by atoms with Gasteiger partial charge in [-0.3, -0.25) is 10.1 Å². The topological polar surface area (TPSA) is 111 Å². The summed E-state index contributed by atoms with van der Waals surface area (Å²) >= 11 is 0. The minimum atomic E-state index is -3.74. The van der Waals surface area contributed by atoms with Gasteiger partial charge in [0, 0.05) is 51.0 Å². The van der Waals surface area contributed by atoms with Crippen molar-refractivity contribution in [1.29, 1.82) is 5.26 Å². The molecule has 0 N–H and O–H groups in total. The van der Waals surface area contributed by atoms with Crippen molar-refractivity contribution in [3.8, 4) is 6.07 Å². The number of nitro groups is 1. The van der Waals surface area contributed by atoms with Gasteiger partial charge in [-0.2, -0.15) is 9.57 Å². The van der Waals surface area contributed by atoms with Crippen molar-refractivity contribution in [3.63, 3.8) is 0 Å². The molecule has 9 nitrogen and oxygen atoms in total. The number of benzene rings is 2. The Kier molecular flexibility index (Phi) is 6.81. The van der Waals surface area contributed by atoms with Crippen LogP contribution in [0.15, 0.2) is 47.4 Å². The number of rotatable bonds is 5. The SMILES string of the molecule is N#Cc1ccc(N2CCCN(c3ccc(S(=O)(=O)N4CCCCC4)cc3[N+](=O)[O-])CC2)cc1. The summed E-state index contributed by atoms with van der Waals surface area (Å²) in [5.74, 6) is 0. The van der Waals surface area contributed by atoms with Crippen LogP contribution in [0.1, 0.15) is 31.2 Å². The minimum Gasteiger partial charge on any atom is -0.370 e. The fraction of sp³-hybridized carbons (Fsp3) is 0.435. The summed E-state index contributed by atoms with van der Waals surface area (Å²) in [6, 6.07) is 13.8. The lowest BCUT2D eigenvalue weighted by Crippen LogP contribution is -2.35. The molecule has 0 radical (unpaired) electrons. The molecule has 2 fully saturated rings. The van der Waals surface area contributed by atoms with Crippen molar-refractivity contribution in [2.45, 2.75) is 30.6 Å². The smallest absolute Gasteiger partial charge is 0.293 e. The van der Waals surface area contributed by atoms with Gasteiger partial charge >= 0.3 is 0 Å². The van der Waals surface area contributed by atoms with Gasteiger partial charge in [0.1, 0.15) is 5.69 Å². The summed E-state index contributed by atoms with van der Waals surface area (Å²) in [6.07, 6.45) is 3.41. The molecule has 0 unspecified atom stereocenters. The first-order chi connectivity index (χ1) is 15.9. The van der Waals surface area contributed by atoms with E-state index in [1.807, 2.05) is 17.0 Å². The molecule has 2 aliphatic heterocycles. The number of nitrogens with zero attached hydrogens (tertiary/aromatic N) is 5. The maximum absolute atomic E-state index is 13.0. The predicted octanol–water partition coefficient (Wildman–Crippen LogP) is 3.36. The number of nitriles is 1. The normalized spacial score (nSPS) is 17.9. The monoisotopic (exact) mass is 469 g/mol. The molecule has 2 heterocycles. The first kappa shape index (κ1) is 23.0. The van der Waals surface area contributed by atoms with Gasteiger partial charge in [-0.15, -0.1) is 0 Å². The highest BCUT2D eigenvalue weighted by Gasteiger charge is 2.30. The van der Waals surface area contributed by atoms with Gasteiger partial charge in [-0.25, -0.2) is 8.42 Å². The van der Waals surface area contributed by atoms with Crippen molar-refractivity contribution in [2.24, 2.45) is 0 Å². The number of hydrogen-bond acceptors (Lipinski definition) is 7. The van der Waals surface area contributed by atoms with Crippen molar-refractivity contribution in [2.75, 3.05) is 49.1 Å². The van der Waals surface area contributed by atoms with Crippen LogP contribution in [0.2, 0.25) is 0 Å². The number of hydrogen-bond donors (Lipinski definition) is 0. The lowest BCUT2D eigenvalue weighted by atomic mass is 10.2. The van der Waals surface area contributed by atoms with E-state index in [4.69, 9.17) is 5.26 Å². The van der Waals surface area contributed by atoms with E-state index in [2.05, 4.69) is 11.0 Å².